The topological polar surface area (TPSA) is 23.8 Å². The van der Waals surface area contributed by atoms with Crippen molar-refractivity contribution in [2.75, 3.05) is 0 Å². The zero-order chi connectivity index (χ0) is 9.52. The summed E-state index contributed by atoms with van der Waals surface area (Å²) in [5.74, 6) is 1.03. The predicted octanol–water partition coefficient (Wildman–Crippen LogP) is 3.90. The molecule has 0 aromatic heterocycles. The van der Waals surface area contributed by atoms with E-state index in [-0.39, 0.29) is 0 Å². The molecular formula is C12H21N. The van der Waals surface area contributed by atoms with Crippen LogP contribution in [0.2, 0.25) is 0 Å². The standard InChI is InChI=1S/C12H21N/c1-2-11-8-6-4-3-5-7-9-12(11)10-13/h11-12H,2-9H2,1H3. The van der Waals surface area contributed by atoms with Crippen LogP contribution >= 0.6 is 0 Å². The Labute approximate surface area is 82.1 Å². The Balaban J connectivity index is 2.48. The van der Waals surface area contributed by atoms with Crippen LogP contribution in [0, 0.1) is 23.2 Å². The van der Waals surface area contributed by atoms with Crippen molar-refractivity contribution in [1.82, 2.24) is 0 Å². The Morgan fingerprint density at radius 2 is 1.69 bits per heavy atom. The summed E-state index contributed by atoms with van der Waals surface area (Å²) >= 11 is 0. The lowest BCUT2D eigenvalue weighted by Crippen LogP contribution is -2.11. The summed E-state index contributed by atoms with van der Waals surface area (Å²) in [6.45, 7) is 2.23. The van der Waals surface area contributed by atoms with E-state index in [1.54, 1.807) is 0 Å². The molecule has 1 fully saturated rings. The summed E-state index contributed by atoms with van der Waals surface area (Å²) < 4.78 is 0. The maximum Gasteiger partial charge on any atom is 0.0658 e. The van der Waals surface area contributed by atoms with Gasteiger partial charge in [0, 0.05) is 5.92 Å². The van der Waals surface area contributed by atoms with Gasteiger partial charge in [-0.3, -0.25) is 0 Å². The molecule has 1 saturated carbocycles. The minimum Gasteiger partial charge on any atom is -0.198 e. The van der Waals surface area contributed by atoms with Crippen LogP contribution in [0.5, 0.6) is 0 Å². The van der Waals surface area contributed by atoms with Gasteiger partial charge in [0.15, 0.2) is 0 Å². The van der Waals surface area contributed by atoms with Crippen molar-refractivity contribution in [3.05, 3.63) is 0 Å². The van der Waals surface area contributed by atoms with E-state index in [4.69, 9.17) is 5.26 Å². The molecule has 0 saturated heterocycles. The van der Waals surface area contributed by atoms with Crippen molar-refractivity contribution >= 4 is 0 Å². The Kier molecular flexibility index (Phi) is 4.90. The molecule has 74 valence electrons. The van der Waals surface area contributed by atoms with Gasteiger partial charge in [0.25, 0.3) is 0 Å². The van der Waals surface area contributed by atoms with Crippen molar-refractivity contribution in [1.29, 1.82) is 5.26 Å². The maximum absolute atomic E-state index is 9.05. The predicted molar refractivity (Wildman–Crippen MR) is 55.2 cm³/mol. The van der Waals surface area contributed by atoms with E-state index in [1.165, 1.54) is 44.9 Å². The molecular weight excluding hydrogens is 158 g/mol. The summed E-state index contributed by atoms with van der Waals surface area (Å²) in [7, 11) is 0. The minimum atomic E-state index is 0.350. The molecule has 2 unspecified atom stereocenters. The number of nitrogens with zero attached hydrogens (tertiary/aromatic N) is 1. The highest BCUT2D eigenvalue weighted by Gasteiger charge is 2.19. The van der Waals surface area contributed by atoms with Crippen LogP contribution in [0.4, 0.5) is 0 Å². The molecule has 1 nitrogen and oxygen atoms in total. The first-order valence-electron chi connectivity index (χ1n) is 5.78. The summed E-state index contributed by atoms with van der Waals surface area (Å²) in [5, 5.41) is 9.05. The van der Waals surface area contributed by atoms with Crippen molar-refractivity contribution in [2.45, 2.75) is 58.3 Å². The zero-order valence-corrected chi connectivity index (χ0v) is 8.76. The van der Waals surface area contributed by atoms with E-state index in [0.717, 1.165) is 6.42 Å². The summed E-state index contributed by atoms with van der Waals surface area (Å²) in [4.78, 5) is 0. The Morgan fingerprint density at radius 3 is 2.31 bits per heavy atom. The molecule has 2 atom stereocenters. The van der Waals surface area contributed by atoms with Gasteiger partial charge in [-0.15, -0.1) is 0 Å². The molecule has 1 aliphatic rings. The molecule has 0 bridgehead atoms. The van der Waals surface area contributed by atoms with E-state index in [9.17, 15) is 0 Å². The zero-order valence-electron chi connectivity index (χ0n) is 8.76. The molecule has 0 amide bonds. The van der Waals surface area contributed by atoms with Crippen molar-refractivity contribution < 1.29 is 0 Å². The third kappa shape index (κ3) is 3.38. The summed E-state index contributed by atoms with van der Waals surface area (Å²) in [5.41, 5.74) is 0. The molecule has 1 aliphatic carbocycles. The van der Waals surface area contributed by atoms with Crippen LogP contribution in [-0.4, -0.2) is 0 Å². The molecule has 0 radical (unpaired) electrons. The lowest BCUT2D eigenvalue weighted by molar-refractivity contribution is 0.342. The van der Waals surface area contributed by atoms with Gasteiger partial charge in [-0.05, 0) is 18.8 Å². The van der Waals surface area contributed by atoms with Gasteiger partial charge in [-0.2, -0.15) is 5.26 Å². The molecule has 1 rings (SSSR count). The normalized spacial score (nSPS) is 31.1. The second kappa shape index (κ2) is 6.02. The average Bonchev–Trinajstić information content (AvgIpc) is 2.28. The molecule has 13 heavy (non-hydrogen) atoms. The fraction of sp³-hybridized carbons (Fsp3) is 0.917. The molecule has 0 aromatic carbocycles. The number of hydrogen-bond donors (Lipinski definition) is 0. The van der Waals surface area contributed by atoms with Crippen LogP contribution in [0.25, 0.3) is 0 Å². The van der Waals surface area contributed by atoms with Gasteiger partial charge in [0.2, 0.25) is 0 Å². The second-order valence-corrected chi connectivity index (χ2v) is 4.25. The molecule has 0 heterocycles. The van der Waals surface area contributed by atoms with Crippen LogP contribution in [0.1, 0.15) is 58.3 Å². The second-order valence-electron chi connectivity index (χ2n) is 4.25. The highest BCUT2D eigenvalue weighted by molar-refractivity contribution is 4.88. The highest BCUT2D eigenvalue weighted by atomic mass is 14.3. The minimum absolute atomic E-state index is 0.350. The Bertz CT molecular complexity index is 168. The van der Waals surface area contributed by atoms with Crippen LogP contribution in [0.15, 0.2) is 0 Å². The quantitative estimate of drug-likeness (QED) is 0.599. The first-order chi connectivity index (χ1) is 6.38. The van der Waals surface area contributed by atoms with Gasteiger partial charge in [0.05, 0.1) is 6.07 Å². The van der Waals surface area contributed by atoms with Gasteiger partial charge in [-0.25, -0.2) is 0 Å². The van der Waals surface area contributed by atoms with Crippen molar-refractivity contribution in [3.8, 4) is 6.07 Å². The van der Waals surface area contributed by atoms with Gasteiger partial charge >= 0.3 is 0 Å². The van der Waals surface area contributed by atoms with Crippen LogP contribution in [0.3, 0.4) is 0 Å². The van der Waals surface area contributed by atoms with E-state index < -0.39 is 0 Å². The van der Waals surface area contributed by atoms with E-state index in [1.807, 2.05) is 0 Å². The molecule has 1 heteroatoms. The van der Waals surface area contributed by atoms with E-state index in [2.05, 4.69) is 13.0 Å². The maximum atomic E-state index is 9.05. The van der Waals surface area contributed by atoms with E-state index >= 15 is 0 Å². The van der Waals surface area contributed by atoms with Gasteiger partial charge < -0.3 is 0 Å². The smallest absolute Gasteiger partial charge is 0.0658 e. The SMILES string of the molecule is CCC1CCCCCCCC1C#N. The molecule has 0 aliphatic heterocycles. The molecule has 0 N–H and O–H groups in total. The number of rotatable bonds is 1. The van der Waals surface area contributed by atoms with Crippen LogP contribution < -0.4 is 0 Å². The third-order valence-electron chi connectivity index (χ3n) is 3.35. The summed E-state index contributed by atoms with van der Waals surface area (Å²) in [6, 6.07) is 2.50. The molecule has 0 spiro atoms. The largest absolute Gasteiger partial charge is 0.198 e. The van der Waals surface area contributed by atoms with Gasteiger partial charge in [0.1, 0.15) is 0 Å². The summed E-state index contributed by atoms with van der Waals surface area (Å²) in [6.07, 6.45) is 10.4. The Morgan fingerprint density at radius 1 is 1.08 bits per heavy atom. The Hall–Kier alpha value is -0.510. The first kappa shape index (κ1) is 10.6. The third-order valence-corrected chi connectivity index (χ3v) is 3.35. The monoisotopic (exact) mass is 179 g/mol. The molecule has 0 aromatic rings. The lowest BCUT2D eigenvalue weighted by Gasteiger charge is -2.18. The number of nitriles is 1. The lowest BCUT2D eigenvalue weighted by atomic mass is 9.85. The number of hydrogen-bond acceptors (Lipinski definition) is 1. The van der Waals surface area contributed by atoms with Crippen molar-refractivity contribution in [3.63, 3.8) is 0 Å². The fourth-order valence-electron chi connectivity index (χ4n) is 2.40. The fourth-order valence-corrected chi connectivity index (χ4v) is 2.40. The first-order valence-corrected chi connectivity index (χ1v) is 5.78. The van der Waals surface area contributed by atoms with Gasteiger partial charge in [-0.1, -0.05) is 45.4 Å². The van der Waals surface area contributed by atoms with Crippen molar-refractivity contribution in [2.24, 2.45) is 11.8 Å². The average molecular weight is 179 g/mol. The highest BCUT2D eigenvalue weighted by Crippen LogP contribution is 2.28. The van der Waals surface area contributed by atoms with E-state index in [0.29, 0.717) is 11.8 Å². The van der Waals surface area contributed by atoms with Crippen LogP contribution in [-0.2, 0) is 0 Å².